The van der Waals surface area contributed by atoms with Gasteiger partial charge in [0.25, 0.3) is 5.91 Å². The maximum Gasteiger partial charge on any atom is 0.251 e. The van der Waals surface area contributed by atoms with Crippen LogP contribution in [-0.2, 0) is 6.54 Å². The Bertz CT molecular complexity index is 668. The smallest absolute Gasteiger partial charge is 0.251 e. The fourth-order valence-electron chi connectivity index (χ4n) is 1.86. The summed E-state index contributed by atoms with van der Waals surface area (Å²) in [4.78, 5) is 16.0. The molecule has 2 rings (SSSR count). The largest absolute Gasteiger partial charge is 0.384 e. The Morgan fingerprint density at radius 1 is 1.40 bits per heavy atom. The summed E-state index contributed by atoms with van der Waals surface area (Å²) in [6.07, 6.45) is 0. The van der Waals surface area contributed by atoms with Gasteiger partial charge in [-0.1, -0.05) is 12.1 Å². The average Bonchev–Trinajstić information content (AvgIpc) is 2.44. The van der Waals surface area contributed by atoms with Crippen molar-refractivity contribution in [2.24, 2.45) is 0 Å². The van der Waals surface area contributed by atoms with Gasteiger partial charge >= 0.3 is 0 Å². The van der Waals surface area contributed by atoms with Gasteiger partial charge in [-0.2, -0.15) is 5.26 Å². The van der Waals surface area contributed by atoms with Gasteiger partial charge in [-0.05, 0) is 36.8 Å². The molecule has 3 N–H and O–H groups in total. The van der Waals surface area contributed by atoms with E-state index in [-0.39, 0.29) is 5.91 Å². The van der Waals surface area contributed by atoms with Crippen LogP contribution in [0.2, 0.25) is 0 Å². The van der Waals surface area contributed by atoms with Gasteiger partial charge in [-0.15, -0.1) is 0 Å². The second-order valence-electron chi connectivity index (χ2n) is 4.42. The van der Waals surface area contributed by atoms with Crippen LogP contribution >= 0.6 is 0 Å². The first kappa shape index (κ1) is 13.6. The summed E-state index contributed by atoms with van der Waals surface area (Å²) in [7, 11) is 0. The molecule has 1 heterocycles. The van der Waals surface area contributed by atoms with Crippen LogP contribution in [0.4, 0.5) is 5.82 Å². The fourth-order valence-corrected chi connectivity index (χ4v) is 1.86. The van der Waals surface area contributed by atoms with Gasteiger partial charge in [-0.3, -0.25) is 4.79 Å². The summed E-state index contributed by atoms with van der Waals surface area (Å²) in [5.41, 5.74) is 8.23. The predicted molar refractivity (Wildman–Crippen MR) is 75.7 cm³/mol. The van der Waals surface area contributed by atoms with E-state index >= 15 is 0 Å². The third-order valence-corrected chi connectivity index (χ3v) is 2.74. The molecule has 0 unspecified atom stereocenters. The molecule has 0 atom stereocenters. The van der Waals surface area contributed by atoms with Crippen molar-refractivity contribution < 1.29 is 4.79 Å². The number of aromatic nitrogens is 1. The molecule has 0 aliphatic carbocycles. The number of rotatable bonds is 3. The normalized spacial score (nSPS) is 9.80. The highest BCUT2D eigenvalue weighted by atomic mass is 16.1. The van der Waals surface area contributed by atoms with Crippen LogP contribution in [0.1, 0.15) is 27.2 Å². The molecule has 1 amide bonds. The summed E-state index contributed by atoms with van der Waals surface area (Å²) in [5.74, 6) is 0.103. The molecule has 0 radical (unpaired) electrons. The zero-order chi connectivity index (χ0) is 14.5. The Kier molecular flexibility index (Phi) is 3.96. The Labute approximate surface area is 117 Å². The van der Waals surface area contributed by atoms with Crippen molar-refractivity contribution in [3.63, 3.8) is 0 Å². The van der Waals surface area contributed by atoms with Gasteiger partial charge < -0.3 is 11.1 Å². The molecular weight excluding hydrogens is 252 g/mol. The quantitative estimate of drug-likeness (QED) is 0.885. The number of carbonyl (C=O) groups is 1. The molecular formula is C15H14N4O. The van der Waals surface area contributed by atoms with E-state index in [1.54, 1.807) is 31.2 Å². The summed E-state index contributed by atoms with van der Waals surface area (Å²) < 4.78 is 0. The molecule has 100 valence electrons. The van der Waals surface area contributed by atoms with Crippen LogP contribution in [0.3, 0.4) is 0 Å². The Morgan fingerprint density at radius 3 is 2.90 bits per heavy atom. The van der Waals surface area contributed by atoms with Crippen molar-refractivity contribution in [1.29, 1.82) is 5.26 Å². The first-order chi connectivity index (χ1) is 9.58. The fraction of sp³-hybridized carbons (Fsp3) is 0.133. The topological polar surface area (TPSA) is 91.8 Å². The number of hydrogen-bond acceptors (Lipinski definition) is 4. The number of hydrogen-bond donors (Lipinski definition) is 2. The van der Waals surface area contributed by atoms with Crippen molar-refractivity contribution in [2.45, 2.75) is 13.5 Å². The molecule has 0 saturated heterocycles. The summed E-state index contributed by atoms with van der Waals surface area (Å²) in [6, 6.07) is 12.4. The van der Waals surface area contributed by atoms with Gasteiger partial charge in [0.05, 0.1) is 11.6 Å². The molecule has 5 heteroatoms. The highest BCUT2D eigenvalue weighted by molar-refractivity contribution is 5.94. The number of benzene rings is 1. The number of aryl methyl sites for hydroxylation is 1. The third kappa shape index (κ3) is 3.33. The number of carbonyl (C=O) groups excluding carboxylic acids is 1. The van der Waals surface area contributed by atoms with Crippen molar-refractivity contribution >= 4 is 11.7 Å². The maximum absolute atomic E-state index is 12.0. The minimum absolute atomic E-state index is 0.218. The van der Waals surface area contributed by atoms with Crippen LogP contribution < -0.4 is 11.1 Å². The minimum Gasteiger partial charge on any atom is -0.384 e. The zero-order valence-corrected chi connectivity index (χ0v) is 11.1. The Balaban J connectivity index is 2.06. The lowest BCUT2D eigenvalue weighted by atomic mass is 10.1. The number of nitrogens with two attached hydrogens (primary N) is 1. The van der Waals surface area contributed by atoms with Gasteiger partial charge in [0.15, 0.2) is 0 Å². The van der Waals surface area contributed by atoms with Crippen molar-refractivity contribution in [2.75, 3.05) is 5.73 Å². The minimum atomic E-state index is -0.218. The number of nitrogens with one attached hydrogen (secondary N) is 1. The lowest BCUT2D eigenvalue weighted by Crippen LogP contribution is -2.23. The van der Waals surface area contributed by atoms with Gasteiger partial charge in [0.2, 0.25) is 0 Å². The first-order valence-electron chi connectivity index (χ1n) is 6.10. The molecule has 1 aromatic carbocycles. The molecule has 0 saturated carbocycles. The molecule has 20 heavy (non-hydrogen) atoms. The predicted octanol–water partition coefficient (Wildman–Crippen LogP) is 1.77. The van der Waals surface area contributed by atoms with E-state index in [0.29, 0.717) is 29.2 Å². The molecule has 5 nitrogen and oxygen atoms in total. The molecule has 0 fully saturated rings. The lowest BCUT2D eigenvalue weighted by molar-refractivity contribution is 0.0950. The van der Waals surface area contributed by atoms with E-state index in [1.807, 2.05) is 6.07 Å². The Hall–Kier alpha value is -2.87. The SMILES string of the molecule is Cc1cc(C(=O)NCc2cccc(C#N)c2)cc(N)n1. The number of anilines is 1. The lowest BCUT2D eigenvalue weighted by Gasteiger charge is -2.07. The van der Waals surface area contributed by atoms with E-state index in [9.17, 15) is 4.79 Å². The van der Waals surface area contributed by atoms with Crippen LogP contribution in [-0.4, -0.2) is 10.9 Å². The molecule has 0 spiro atoms. The van der Waals surface area contributed by atoms with Crippen molar-refractivity contribution in [3.05, 3.63) is 58.8 Å². The van der Waals surface area contributed by atoms with E-state index in [1.165, 1.54) is 6.07 Å². The number of nitrogen functional groups attached to an aromatic ring is 1. The molecule has 2 aromatic rings. The van der Waals surface area contributed by atoms with Crippen LogP contribution in [0.15, 0.2) is 36.4 Å². The van der Waals surface area contributed by atoms with Crippen LogP contribution in [0.5, 0.6) is 0 Å². The molecule has 0 bridgehead atoms. The van der Waals surface area contributed by atoms with E-state index in [4.69, 9.17) is 11.0 Å². The van der Waals surface area contributed by atoms with Gasteiger partial charge in [0, 0.05) is 17.8 Å². The van der Waals surface area contributed by atoms with Crippen molar-refractivity contribution in [1.82, 2.24) is 10.3 Å². The first-order valence-corrected chi connectivity index (χ1v) is 6.10. The zero-order valence-electron chi connectivity index (χ0n) is 11.1. The number of pyridine rings is 1. The van der Waals surface area contributed by atoms with Crippen LogP contribution in [0.25, 0.3) is 0 Å². The van der Waals surface area contributed by atoms with Crippen molar-refractivity contribution in [3.8, 4) is 6.07 Å². The third-order valence-electron chi connectivity index (χ3n) is 2.74. The summed E-state index contributed by atoms with van der Waals surface area (Å²) >= 11 is 0. The van der Waals surface area contributed by atoms with Crippen LogP contribution in [0, 0.1) is 18.3 Å². The average molecular weight is 266 g/mol. The van der Waals surface area contributed by atoms with Gasteiger partial charge in [0.1, 0.15) is 5.82 Å². The number of nitriles is 1. The summed E-state index contributed by atoms with van der Waals surface area (Å²) in [6.45, 7) is 2.14. The number of nitrogens with zero attached hydrogens (tertiary/aromatic N) is 2. The summed E-state index contributed by atoms with van der Waals surface area (Å²) in [5, 5.41) is 11.6. The molecule has 0 aliphatic heterocycles. The van der Waals surface area contributed by atoms with E-state index in [2.05, 4.69) is 16.4 Å². The second-order valence-corrected chi connectivity index (χ2v) is 4.42. The van der Waals surface area contributed by atoms with Gasteiger partial charge in [-0.25, -0.2) is 4.98 Å². The van der Waals surface area contributed by atoms with E-state index in [0.717, 1.165) is 5.56 Å². The highest BCUT2D eigenvalue weighted by Gasteiger charge is 2.07. The Morgan fingerprint density at radius 2 is 2.20 bits per heavy atom. The monoisotopic (exact) mass is 266 g/mol. The second kappa shape index (κ2) is 5.85. The highest BCUT2D eigenvalue weighted by Crippen LogP contribution is 2.08. The molecule has 0 aliphatic rings. The maximum atomic E-state index is 12.0. The number of amides is 1. The van der Waals surface area contributed by atoms with E-state index < -0.39 is 0 Å². The molecule has 1 aromatic heterocycles. The standard InChI is InChI=1S/C15H14N4O/c1-10-5-13(7-14(17)19-10)15(20)18-9-12-4-2-3-11(6-12)8-16/h2-7H,9H2,1H3,(H2,17,19)(H,18,20).